The van der Waals surface area contributed by atoms with E-state index in [-0.39, 0.29) is 37.9 Å². The number of primary amides is 1. The van der Waals surface area contributed by atoms with Crippen LogP contribution in [0, 0.1) is 6.92 Å². The summed E-state index contributed by atoms with van der Waals surface area (Å²) in [6.45, 7) is 1.16. The van der Waals surface area contributed by atoms with Crippen molar-refractivity contribution < 1.29 is 40.3 Å². The zero-order chi connectivity index (χ0) is 30.5. The summed E-state index contributed by atoms with van der Waals surface area (Å²) in [5.74, 6) is -2.27. The number of rotatable bonds is 9. The summed E-state index contributed by atoms with van der Waals surface area (Å²) >= 11 is 0.703. The monoisotopic (exact) mass is 611 g/mol. The number of hydrogen-bond acceptors (Lipinski definition) is 7. The van der Waals surface area contributed by atoms with E-state index in [9.17, 15) is 35.9 Å². The Morgan fingerprint density at radius 2 is 1.74 bits per heavy atom. The Balaban J connectivity index is 1.54. The molecule has 0 fully saturated rings. The van der Waals surface area contributed by atoms with Crippen molar-refractivity contribution in [3.8, 4) is 11.1 Å². The van der Waals surface area contributed by atoms with Crippen LogP contribution < -0.4 is 11.1 Å². The molecule has 3 N–H and O–H groups in total. The van der Waals surface area contributed by atoms with Gasteiger partial charge in [-0.15, -0.1) is 11.3 Å². The number of amides is 2. The van der Waals surface area contributed by atoms with Crippen LogP contribution in [-0.2, 0) is 13.6 Å². The predicted octanol–water partition coefficient (Wildman–Crippen LogP) is 6.01. The number of furan rings is 1. The van der Waals surface area contributed by atoms with Crippen molar-refractivity contribution in [2.24, 2.45) is 12.8 Å². The highest BCUT2D eigenvalue weighted by molar-refractivity contribution is 7.21. The van der Waals surface area contributed by atoms with Crippen LogP contribution in [0.3, 0.4) is 0 Å². The first-order chi connectivity index (χ1) is 19.8. The molecule has 5 aromatic heterocycles. The first kappa shape index (κ1) is 28.8. The Hall–Kier alpha value is -4.67. The minimum atomic E-state index is -3.10. The van der Waals surface area contributed by atoms with E-state index in [0.29, 0.717) is 33.3 Å². The standard InChI is InChI=1S/C25H19F6N7O3S/c1-9-12(8-37(2)35-9)11-5-13(20(26)27)33-25-17(11)18(19(42-25)23(32)39)34-24(40)16-4-3-10(41-16)7-38-15(22(30)31)6-14(36-38)21(28)29/h3-6,8,20-22H,7H2,1-2H3,(H2,32,39)(H,34,40). The maximum absolute atomic E-state index is 13.7. The van der Waals surface area contributed by atoms with Gasteiger partial charge in [-0.3, -0.25) is 19.0 Å². The molecule has 0 aliphatic heterocycles. The number of nitrogens with zero attached hydrogens (tertiary/aromatic N) is 5. The molecule has 0 aromatic carbocycles. The van der Waals surface area contributed by atoms with E-state index in [2.05, 4.69) is 20.5 Å². The number of carbonyl (C=O) groups excluding carboxylic acids is 2. The summed E-state index contributed by atoms with van der Waals surface area (Å²) < 4.78 is 87.7. The number of nitrogens with one attached hydrogen (secondary N) is 1. The predicted molar refractivity (Wildman–Crippen MR) is 138 cm³/mol. The Kier molecular flexibility index (Phi) is 7.53. The van der Waals surface area contributed by atoms with Gasteiger partial charge in [0.25, 0.3) is 31.1 Å². The van der Waals surface area contributed by atoms with Gasteiger partial charge in [-0.25, -0.2) is 31.3 Å². The minimum Gasteiger partial charge on any atom is -0.454 e. The average molecular weight is 612 g/mol. The van der Waals surface area contributed by atoms with E-state index < -0.39 is 54.7 Å². The fourth-order valence-electron chi connectivity index (χ4n) is 4.37. The molecule has 17 heteroatoms. The number of nitrogens with two attached hydrogens (primary N) is 1. The van der Waals surface area contributed by atoms with Crippen LogP contribution in [0.25, 0.3) is 21.3 Å². The first-order valence-electron chi connectivity index (χ1n) is 11.9. The van der Waals surface area contributed by atoms with E-state index >= 15 is 0 Å². The number of anilines is 1. The molecule has 0 aliphatic carbocycles. The number of carbonyl (C=O) groups is 2. The van der Waals surface area contributed by atoms with E-state index in [4.69, 9.17) is 10.2 Å². The van der Waals surface area contributed by atoms with Crippen LogP contribution in [0.2, 0.25) is 0 Å². The van der Waals surface area contributed by atoms with E-state index in [0.717, 1.165) is 6.07 Å². The molecule has 0 saturated heterocycles. The molecule has 5 heterocycles. The molecule has 0 saturated carbocycles. The minimum absolute atomic E-state index is 0.00309. The van der Waals surface area contributed by atoms with Gasteiger partial charge in [0.15, 0.2) is 5.76 Å². The largest absolute Gasteiger partial charge is 0.454 e. The zero-order valence-corrected chi connectivity index (χ0v) is 22.4. The van der Waals surface area contributed by atoms with Gasteiger partial charge in [-0.2, -0.15) is 10.2 Å². The van der Waals surface area contributed by atoms with Gasteiger partial charge in [0.2, 0.25) is 0 Å². The number of hydrogen-bond donors (Lipinski definition) is 2. The number of aryl methyl sites for hydroxylation is 2. The van der Waals surface area contributed by atoms with Crippen molar-refractivity contribution >= 4 is 39.1 Å². The Morgan fingerprint density at radius 1 is 1.02 bits per heavy atom. The lowest BCUT2D eigenvalue weighted by atomic mass is 10.0. The van der Waals surface area contributed by atoms with Crippen molar-refractivity contribution in [2.75, 3.05) is 5.32 Å². The fourth-order valence-corrected chi connectivity index (χ4v) is 5.38. The number of thiophene rings is 1. The van der Waals surface area contributed by atoms with Crippen molar-refractivity contribution in [2.45, 2.75) is 32.7 Å². The van der Waals surface area contributed by atoms with Crippen molar-refractivity contribution in [3.05, 3.63) is 69.6 Å². The van der Waals surface area contributed by atoms with Crippen LogP contribution in [0.4, 0.5) is 32.0 Å². The number of aromatic nitrogens is 5. The summed E-state index contributed by atoms with van der Waals surface area (Å²) in [6, 6.07) is 4.17. The fraction of sp³-hybridized carbons (Fsp3) is 0.240. The SMILES string of the molecule is Cc1nn(C)cc1-c1cc(C(F)F)nc2sc(C(N)=O)c(NC(=O)c3ccc(Cn4nc(C(F)F)cc4C(F)F)o3)c12. The van der Waals surface area contributed by atoms with Crippen LogP contribution in [0.1, 0.15) is 68.0 Å². The Bertz CT molecular complexity index is 1820. The van der Waals surface area contributed by atoms with Gasteiger partial charge in [-0.1, -0.05) is 0 Å². The Morgan fingerprint density at radius 3 is 2.33 bits per heavy atom. The van der Waals surface area contributed by atoms with Gasteiger partial charge >= 0.3 is 0 Å². The second kappa shape index (κ2) is 11.0. The third-order valence-corrected chi connectivity index (χ3v) is 7.24. The quantitative estimate of drug-likeness (QED) is 0.196. The third-order valence-electron chi connectivity index (χ3n) is 6.14. The van der Waals surface area contributed by atoms with Crippen molar-refractivity contribution in [1.29, 1.82) is 0 Å². The van der Waals surface area contributed by atoms with Crippen molar-refractivity contribution in [3.63, 3.8) is 0 Å². The lowest BCUT2D eigenvalue weighted by molar-refractivity contribution is 0.0994. The summed E-state index contributed by atoms with van der Waals surface area (Å²) in [6.07, 6.45) is -7.54. The summed E-state index contributed by atoms with van der Waals surface area (Å²) in [4.78, 5) is 29.3. The van der Waals surface area contributed by atoms with Crippen molar-refractivity contribution in [1.82, 2.24) is 24.5 Å². The van der Waals surface area contributed by atoms with Gasteiger partial charge in [0, 0.05) is 24.2 Å². The number of pyridine rings is 1. The van der Waals surface area contributed by atoms with E-state index in [1.165, 1.54) is 16.8 Å². The van der Waals surface area contributed by atoms with Crippen LogP contribution >= 0.6 is 11.3 Å². The summed E-state index contributed by atoms with van der Waals surface area (Å²) in [5, 5.41) is 10.4. The maximum Gasteiger partial charge on any atom is 0.291 e. The highest BCUT2D eigenvalue weighted by Gasteiger charge is 2.27. The summed E-state index contributed by atoms with van der Waals surface area (Å²) in [5.41, 5.74) is 4.39. The number of halogens is 6. The first-order valence-corrected chi connectivity index (χ1v) is 12.8. The number of alkyl halides is 6. The van der Waals surface area contributed by atoms with E-state index in [1.54, 1.807) is 20.2 Å². The smallest absolute Gasteiger partial charge is 0.291 e. The molecule has 0 radical (unpaired) electrons. The molecular weight excluding hydrogens is 592 g/mol. The molecule has 42 heavy (non-hydrogen) atoms. The molecular formula is C25H19F6N7O3S. The molecule has 0 bridgehead atoms. The molecule has 0 unspecified atom stereocenters. The molecule has 2 amide bonds. The van der Waals surface area contributed by atoms with E-state index in [1.807, 2.05) is 0 Å². The van der Waals surface area contributed by atoms with Crippen LogP contribution in [-0.4, -0.2) is 36.4 Å². The normalized spacial score (nSPS) is 11.9. The molecule has 220 valence electrons. The highest BCUT2D eigenvalue weighted by Crippen LogP contribution is 2.43. The average Bonchev–Trinajstić information content (AvgIpc) is 3.69. The molecule has 0 aliphatic rings. The van der Waals surface area contributed by atoms with Crippen LogP contribution in [0.5, 0.6) is 0 Å². The molecule has 5 aromatic rings. The third kappa shape index (κ3) is 5.34. The molecule has 10 nitrogen and oxygen atoms in total. The molecule has 0 spiro atoms. The van der Waals surface area contributed by atoms with Gasteiger partial charge in [0.05, 0.1) is 17.9 Å². The number of fused-ring (bicyclic) bond motifs is 1. The second-order valence-electron chi connectivity index (χ2n) is 9.02. The molecule has 0 atom stereocenters. The molecule has 5 rings (SSSR count). The maximum atomic E-state index is 13.7. The highest BCUT2D eigenvalue weighted by atomic mass is 32.1. The lowest BCUT2D eigenvalue weighted by Crippen LogP contribution is -2.16. The lowest BCUT2D eigenvalue weighted by Gasteiger charge is -2.10. The van der Waals surface area contributed by atoms with Crippen LogP contribution in [0.15, 0.2) is 34.9 Å². The topological polar surface area (TPSA) is 134 Å². The Labute approximate surface area is 235 Å². The summed E-state index contributed by atoms with van der Waals surface area (Å²) in [7, 11) is 1.63. The van der Waals surface area contributed by atoms with Gasteiger partial charge in [0.1, 0.15) is 32.5 Å². The second-order valence-corrected chi connectivity index (χ2v) is 10.0. The van der Waals surface area contributed by atoms with Gasteiger partial charge in [-0.05, 0) is 36.8 Å². The van der Waals surface area contributed by atoms with Gasteiger partial charge < -0.3 is 15.5 Å². The zero-order valence-electron chi connectivity index (χ0n) is 21.5.